The molecule has 6 heteroatoms. The largest absolute Gasteiger partial charge is 0.378 e. The maximum atomic E-state index is 12.4. The van der Waals surface area contributed by atoms with Crippen molar-refractivity contribution in [2.45, 2.75) is 43.6 Å². The zero-order chi connectivity index (χ0) is 19.1. The van der Waals surface area contributed by atoms with Crippen LogP contribution in [0, 0.1) is 0 Å². The number of rotatable bonds is 7. The van der Waals surface area contributed by atoms with Gasteiger partial charge in [0.2, 0.25) is 0 Å². The molecule has 0 spiro atoms. The second-order valence-corrected chi connectivity index (χ2v) is 7.21. The number of pyridine rings is 1. The van der Waals surface area contributed by atoms with Crippen molar-refractivity contribution in [3.8, 4) is 0 Å². The van der Waals surface area contributed by atoms with Crippen LogP contribution in [0.25, 0.3) is 10.4 Å². The zero-order valence-electron chi connectivity index (χ0n) is 15.7. The molecule has 0 radical (unpaired) electrons. The van der Waals surface area contributed by atoms with E-state index in [1.807, 2.05) is 6.07 Å². The number of hydrogen-bond acceptors (Lipinski definition) is 3. The molecule has 1 fully saturated rings. The Morgan fingerprint density at radius 2 is 1.93 bits per heavy atom. The minimum atomic E-state index is -0.215. The van der Waals surface area contributed by atoms with Gasteiger partial charge in [0.25, 0.3) is 5.56 Å². The predicted octanol–water partition coefficient (Wildman–Crippen LogP) is 4.52. The SMILES string of the molecule is Cn1cccc(C(CN=[N+]=[N-])CO[C@H]2CC[C@@H](c3ccccc3)CC2)c1=O. The van der Waals surface area contributed by atoms with Gasteiger partial charge in [0, 0.05) is 36.2 Å². The van der Waals surface area contributed by atoms with Crippen LogP contribution >= 0.6 is 0 Å². The van der Waals surface area contributed by atoms with Gasteiger partial charge in [-0.2, -0.15) is 0 Å². The van der Waals surface area contributed by atoms with Crippen molar-refractivity contribution < 1.29 is 4.74 Å². The van der Waals surface area contributed by atoms with Gasteiger partial charge < -0.3 is 9.30 Å². The number of ether oxygens (including phenoxy) is 1. The predicted molar refractivity (Wildman–Crippen MR) is 106 cm³/mol. The van der Waals surface area contributed by atoms with Crippen LogP contribution in [0.5, 0.6) is 0 Å². The van der Waals surface area contributed by atoms with Crippen molar-refractivity contribution in [2.24, 2.45) is 12.2 Å². The van der Waals surface area contributed by atoms with Gasteiger partial charge in [0.1, 0.15) is 0 Å². The topological polar surface area (TPSA) is 80.0 Å². The number of aromatic nitrogens is 1. The molecule has 1 heterocycles. The summed E-state index contributed by atoms with van der Waals surface area (Å²) in [6.07, 6.45) is 6.18. The van der Waals surface area contributed by atoms with Crippen LogP contribution in [-0.2, 0) is 11.8 Å². The van der Waals surface area contributed by atoms with Crippen LogP contribution in [0.4, 0.5) is 0 Å². The fourth-order valence-electron chi connectivity index (χ4n) is 3.85. The van der Waals surface area contributed by atoms with Crippen LogP contribution in [0.1, 0.15) is 48.6 Å². The highest BCUT2D eigenvalue weighted by Gasteiger charge is 2.24. The molecule has 1 atom stereocenters. The minimum Gasteiger partial charge on any atom is -0.378 e. The lowest BCUT2D eigenvalue weighted by molar-refractivity contribution is 0.0172. The van der Waals surface area contributed by atoms with Crippen molar-refractivity contribution in [3.05, 3.63) is 80.6 Å². The van der Waals surface area contributed by atoms with E-state index in [2.05, 4.69) is 40.4 Å². The zero-order valence-corrected chi connectivity index (χ0v) is 15.7. The smallest absolute Gasteiger partial charge is 0.253 e. The highest BCUT2D eigenvalue weighted by atomic mass is 16.5. The molecule has 3 rings (SSSR count). The normalized spacial score (nSPS) is 20.6. The molecule has 2 aromatic rings. The summed E-state index contributed by atoms with van der Waals surface area (Å²) in [6.45, 7) is 0.633. The third-order valence-electron chi connectivity index (χ3n) is 5.44. The van der Waals surface area contributed by atoms with Crippen LogP contribution in [0.2, 0.25) is 0 Å². The summed E-state index contributed by atoms with van der Waals surface area (Å²) in [5.74, 6) is 0.388. The van der Waals surface area contributed by atoms with Crippen LogP contribution in [-0.4, -0.2) is 23.8 Å². The van der Waals surface area contributed by atoms with E-state index in [1.54, 1.807) is 23.9 Å². The summed E-state index contributed by atoms with van der Waals surface area (Å²) in [6, 6.07) is 14.3. The van der Waals surface area contributed by atoms with Crippen molar-refractivity contribution in [3.63, 3.8) is 0 Å². The summed E-state index contributed by atoms with van der Waals surface area (Å²) in [5, 5.41) is 3.69. The van der Waals surface area contributed by atoms with Crippen LogP contribution in [0.15, 0.2) is 58.6 Å². The van der Waals surface area contributed by atoms with Gasteiger partial charge in [-0.3, -0.25) is 4.79 Å². The van der Waals surface area contributed by atoms with Gasteiger partial charge in [-0.1, -0.05) is 41.5 Å². The van der Waals surface area contributed by atoms with Gasteiger partial charge in [-0.15, -0.1) is 0 Å². The lowest BCUT2D eigenvalue weighted by Crippen LogP contribution is -2.28. The fourth-order valence-corrected chi connectivity index (χ4v) is 3.85. The van der Waals surface area contributed by atoms with Crippen molar-refractivity contribution in [1.82, 2.24) is 4.57 Å². The van der Waals surface area contributed by atoms with Crippen molar-refractivity contribution in [1.29, 1.82) is 0 Å². The van der Waals surface area contributed by atoms with E-state index in [9.17, 15) is 4.79 Å². The Morgan fingerprint density at radius 1 is 1.19 bits per heavy atom. The Balaban J connectivity index is 1.59. The quantitative estimate of drug-likeness (QED) is 0.410. The number of azide groups is 1. The van der Waals surface area contributed by atoms with Gasteiger partial charge in [0.15, 0.2) is 0 Å². The maximum absolute atomic E-state index is 12.4. The minimum absolute atomic E-state index is 0.0629. The molecule has 1 saturated carbocycles. The summed E-state index contributed by atoms with van der Waals surface area (Å²) in [7, 11) is 1.72. The Morgan fingerprint density at radius 3 is 2.63 bits per heavy atom. The standard InChI is InChI=1S/C21H26N4O2/c1-25-13-5-8-20(21(25)26)18(14-23-24-22)15-27-19-11-9-17(10-12-19)16-6-3-2-4-7-16/h2-8,13,17-19H,9-12,14-15H2,1H3/t17-,18?,19+. The molecule has 1 aromatic heterocycles. The molecular weight excluding hydrogens is 340 g/mol. The number of nitrogens with zero attached hydrogens (tertiary/aromatic N) is 4. The first-order valence-corrected chi connectivity index (χ1v) is 9.52. The molecule has 0 aliphatic heterocycles. The molecule has 1 unspecified atom stereocenters. The van der Waals surface area contributed by atoms with E-state index in [-0.39, 0.29) is 24.1 Å². The number of hydrogen-bond donors (Lipinski definition) is 0. The van der Waals surface area contributed by atoms with E-state index in [4.69, 9.17) is 10.3 Å². The first-order valence-electron chi connectivity index (χ1n) is 9.52. The van der Waals surface area contributed by atoms with Crippen LogP contribution in [0.3, 0.4) is 0 Å². The summed E-state index contributed by atoms with van der Waals surface area (Å²) < 4.78 is 7.69. The molecule has 1 aliphatic carbocycles. The Labute approximate surface area is 159 Å². The van der Waals surface area contributed by atoms with E-state index in [1.165, 1.54) is 5.56 Å². The molecule has 0 bridgehead atoms. The average Bonchev–Trinajstić information content (AvgIpc) is 2.72. The third-order valence-corrected chi connectivity index (χ3v) is 5.44. The highest BCUT2D eigenvalue weighted by molar-refractivity contribution is 5.20. The van der Waals surface area contributed by atoms with Gasteiger partial charge >= 0.3 is 0 Å². The van der Waals surface area contributed by atoms with Crippen molar-refractivity contribution >= 4 is 0 Å². The number of aryl methyl sites for hydroxylation is 1. The molecular formula is C21H26N4O2. The first kappa shape index (κ1) is 19.2. The van der Waals surface area contributed by atoms with Gasteiger partial charge in [-0.25, -0.2) is 0 Å². The van der Waals surface area contributed by atoms with E-state index < -0.39 is 0 Å². The molecule has 27 heavy (non-hydrogen) atoms. The number of benzene rings is 1. The Bertz CT molecular complexity index is 835. The second kappa shape index (κ2) is 9.40. The Hall–Kier alpha value is -2.56. The molecule has 1 aromatic carbocycles. The van der Waals surface area contributed by atoms with Gasteiger partial charge in [0.05, 0.1) is 12.7 Å². The maximum Gasteiger partial charge on any atom is 0.253 e. The molecule has 0 N–H and O–H groups in total. The monoisotopic (exact) mass is 366 g/mol. The average molecular weight is 366 g/mol. The molecule has 1 aliphatic rings. The molecule has 0 amide bonds. The Kier molecular flexibility index (Phi) is 6.69. The summed E-state index contributed by atoms with van der Waals surface area (Å²) >= 11 is 0. The first-order chi connectivity index (χ1) is 13.2. The molecule has 6 nitrogen and oxygen atoms in total. The second-order valence-electron chi connectivity index (χ2n) is 7.21. The highest BCUT2D eigenvalue weighted by Crippen LogP contribution is 2.34. The van der Waals surface area contributed by atoms with Gasteiger partial charge in [-0.05, 0) is 48.8 Å². The fraction of sp³-hybridized carbons (Fsp3) is 0.476. The molecule has 142 valence electrons. The van der Waals surface area contributed by atoms with Crippen LogP contribution < -0.4 is 5.56 Å². The summed E-state index contributed by atoms with van der Waals surface area (Å²) in [5.41, 5.74) is 10.7. The summed E-state index contributed by atoms with van der Waals surface area (Å²) in [4.78, 5) is 15.2. The molecule has 0 saturated heterocycles. The van der Waals surface area contributed by atoms with E-state index in [0.29, 0.717) is 18.1 Å². The van der Waals surface area contributed by atoms with E-state index in [0.717, 1.165) is 25.7 Å². The third kappa shape index (κ3) is 5.00. The lowest BCUT2D eigenvalue weighted by Gasteiger charge is -2.30. The lowest BCUT2D eigenvalue weighted by atomic mass is 9.83. The van der Waals surface area contributed by atoms with Crippen molar-refractivity contribution in [2.75, 3.05) is 13.2 Å². The van der Waals surface area contributed by atoms with E-state index >= 15 is 0 Å².